The highest BCUT2D eigenvalue weighted by Gasteiger charge is 2.23. The van der Waals surface area contributed by atoms with E-state index in [1.807, 2.05) is 24.3 Å². The third-order valence-electron chi connectivity index (χ3n) is 3.03. The molecular weight excluding hydrogens is 286 g/mol. The molecule has 0 fully saturated rings. The predicted molar refractivity (Wildman–Crippen MR) is 81.2 cm³/mol. The molecule has 1 aromatic carbocycles. The number of hydrogen-bond donors (Lipinski definition) is 2. The van der Waals surface area contributed by atoms with Gasteiger partial charge in [0.2, 0.25) is 5.91 Å². The van der Waals surface area contributed by atoms with E-state index in [2.05, 4.69) is 5.32 Å². The summed E-state index contributed by atoms with van der Waals surface area (Å²) in [6.45, 7) is 1.66. The van der Waals surface area contributed by atoms with Crippen molar-refractivity contribution in [3.63, 3.8) is 0 Å². The third-order valence-corrected chi connectivity index (χ3v) is 3.03. The highest BCUT2D eigenvalue weighted by Crippen LogP contribution is 2.11. The molecule has 1 aromatic rings. The molecule has 0 atom stereocenters. The Hall–Kier alpha value is -2.41. The van der Waals surface area contributed by atoms with Gasteiger partial charge in [0.1, 0.15) is 5.75 Å². The molecule has 0 unspecified atom stereocenters. The summed E-state index contributed by atoms with van der Waals surface area (Å²) in [5.74, 6) is -1.44. The first-order valence-corrected chi connectivity index (χ1v) is 6.92. The average Bonchev–Trinajstić information content (AvgIpc) is 2.52. The van der Waals surface area contributed by atoms with E-state index in [1.54, 1.807) is 7.11 Å². The lowest BCUT2D eigenvalue weighted by molar-refractivity contribution is -0.151. The molecule has 0 bridgehead atoms. The number of carbonyl (C=O) groups is 3. The summed E-state index contributed by atoms with van der Waals surface area (Å²) < 4.78 is 5.05. The lowest BCUT2D eigenvalue weighted by atomic mass is 10.1. The summed E-state index contributed by atoms with van der Waals surface area (Å²) in [6.07, 6.45) is 0.569. The normalized spacial score (nSPS) is 9.95. The topological polar surface area (TPSA) is 102 Å². The van der Waals surface area contributed by atoms with Crippen LogP contribution in [0.2, 0.25) is 0 Å². The largest absolute Gasteiger partial charge is 0.497 e. The Morgan fingerprint density at radius 2 is 1.86 bits per heavy atom. The Kier molecular flexibility index (Phi) is 7.04. The van der Waals surface area contributed by atoms with Gasteiger partial charge in [0, 0.05) is 26.6 Å². The van der Waals surface area contributed by atoms with E-state index in [0.717, 1.165) is 16.2 Å². The minimum atomic E-state index is -0.882. The number of nitrogens with zero attached hydrogens (tertiary/aromatic N) is 1. The summed E-state index contributed by atoms with van der Waals surface area (Å²) in [5, 5.41) is 2.50. The minimum Gasteiger partial charge on any atom is -0.497 e. The number of ether oxygens (including phenoxy) is 1. The molecule has 120 valence electrons. The van der Waals surface area contributed by atoms with Crippen molar-refractivity contribution >= 4 is 17.7 Å². The van der Waals surface area contributed by atoms with E-state index in [9.17, 15) is 14.4 Å². The van der Waals surface area contributed by atoms with Crippen LogP contribution in [0.25, 0.3) is 0 Å². The van der Waals surface area contributed by atoms with Gasteiger partial charge in [0.25, 0.3) is 0 Å². The summed E-state index contributed by atoms with van der Waals surface area (Å²) >= 11 is 0. The van der Waals surface area contributed by atoms with E-state index in [1.165, 1.54) is 6.92 Å². The van der Waals surface area contributed by atoms with E-state index in [0.29, 0.717) is 13.0 Å². The Balaban J connectivity index is 2.47. The molecule has 7 heteroatoms. The fourth-order valence-electron chi connectivity index (χ4n) is 1.84. The van der Waals surface area contributed by atoms with E-state index >= 15 is 0 Å². The van der Waals surface area contributed by atoms with Crippen molar-refractivity contribution in [1.82, 2.24) is 10.2 Å². The zero-order chi connectivity index (χ0) is 16.5. The summed E-state index contributed by atoms with van der Waals surface area (Å²) in [4.78, 5) is 35.7. The third kappa shape index (κ3) is 5.17. The molecule has 3 amide bonds. The molecule has 1 rings (SSSR count). The van der Waals surface area contributed by atoms with Crippen LogP contribution in [0, 0.1) is 0 Å². The van der Waals surface area contributed by atoms with Crippen LogP contribution in [0.15, 0.2) is 24.3 Å². The zero-order valence-electron chi connectivity index (χ0n) is 12.8. The number of amides is 3. The molecule has 0 aliphatic carbocycles. The van der Waals surface area contributed by atoms with Gasteiger partial charge in [-0.2, -0.15) is 0 Å². The van der Waals surface area contributed by atoms with E-state index in [4.69, 9.17) is 10.5 Å². The molecule has 0 spiro atoms. The summed E-state index contributed by atoms with van der Waals surface area (Å²) in [6, 6.07) is 7.40. The maximum Gasteiger partial charge on any atom is 0.318 e. The molecule has 0 aliphatic heterocycles. The van der Waals surface area contributed by atoms with Crippen molar-refractivity contribution in [3.05, 3.63) is 29.8 Å². The number of methoxy groups -OCH3 is 1. The van der Waals surface area contributed by atoms with Crippen LogP contribution in [-0.2, 0) is 20.8 Å². The van der Waals surface area contributed by atoms with E-state index in [-0.39, 0.29) is 13.1 Å². The van der Waals surface area contributed by atoms with Gasteiger partial charge >= 0.3 is 11.8 Å². The first kappa shape index (κ1) is 17.6. The number of benzene rings is 1. The number of carbonyl (C=O) groups excluding carboxylic acids is 3. The average molecular weight is 307 g/mol. The molecule has 0 saturated heterocycles. The van der Waals surface area contributed by atoms with Crippen LogP contribution in [0.1, 0.15) is 12.5 Å². The van der Waals surface area contributed by atoms with Crippen LogP contribution in [0.3, 0.4) is 0 Å². The van der Waals surface area contributed by atoms with Crippen LogP contribution >= 0.6 is 0 Å². The van der Waals surface area contributed by atoms with Crippen molar-refractivity contribution in [1.29, 1.82) is 0 Å². The highest BCUT2D eigenvalue weighted by molar-refractivity contribution is 6.37. The number of nitrogens with one attached hydrogen (secondary N) is 1. The Morgan fingerprint density at radius 1 is 1.23 bits per heavy atom. The minimum absolute atomic E-state index is 0.0278. The first-order chi connectivity index (χ1) is 10.5. The standard InChI is InChI=1S/C15H21N3O4/c1-11(19)18(10-8-16)15(21)14(20)17-9-7-12-3-5-13(22-2)6-4-12/h3-6H,7-10,16H2,1-2H3,(H,17,20). The van der Waals surface area contributed by atoms with Gasteiger partial charge in [0.05, 0.1) is 7.11 Å². The highest BCUT2D eigenvalue weighted by atomic mass is 16.5. The van der Waals surface area contributed by atoms with Gasteiger partial charge in [-0.3, -0.25) is 19.3 Å². The van der Waals surface area contributed by atoms with Gasteiger partial charge in [-0.05, 0) is 24.1 Å². The Labute approximate surface area is 129 Å². The quantitative estimate of drug-likeness (QED) is 0.702. The van der Waals surface area contributed by atoms with Crippen molar-refractivity contribution in [3.8, 4) is 5.75 Å². The second-order valence-corrected chi connectivity index (χ2v) is 4.62. The van der Waals surface area contributed by atoms with E-state index < -0.39 is 17.7 Å². The predicted octanol–water partition coefficient (Wildman–Crippen LogP) is -0.312. The van der Waals surface area contributed by atoms with Crippen molar-refractivity contribution in [2.24, 2.45) is 5.73 Å². The van der Waals surface area contributed by atoms with Gasteiger partial charge in [-0.25, -0.2) is 0 Å². The summed E-state index contributed by atoms with van der Waals surface area (Å²) in [5.41, 5.74) is 6.32. The lowest BCUT2D eigenvalue weighted by Crippen LogP contribution is -2.47. The molecular formula is C15H21N3O4. The second kappa shape index (κ2) is 8.78. The Morgan fingerprint density at radius 3 is 2.36 bits per heavy atom. The molecule has 22 heavy (non-hydrogen) atoms. The maximum atomic E-state index is 11.8. The molecule has 0 aliphatic rings. The SMILES string of the molecule is COc1ccc(CCNC(=O)C(=O)N(CCN)C(C)=O)cc1. The summed E-state index contributed by atoms with van der Waals surface area (Å²) in [7, 11) is 1.59. The zero-order valence-corrected chi connectivity index (χ0v) is 12.8. The van der Waals surface area contributed by atoms with Crippen molar-refractivity contribution < 1.29 is 19.1 Å². The van der Waals surface area contributed by atoms with Crippen LogP contribution in [0.5, 0.6) is 5.75 Å². The number of hydrogen-bond acceptors (Lipinski definition) is 5. The molecule has 0 radical (unpaired) electrons. The van der Waals surface area contributed by atoms with Crippen LogP contribution in [0.4, 0.5) is 0 Å². The fraction of sp³-hybridized carbons (Fsp3) is 0.400. The van der Waals surface area contributed by atoms with Crippen molar-refractivity contribution in [2.45, 2.75) is 13.3 Å². The van der Waals surface area contributed by atoms with Crippen LogP contribution in [-0.4, -0.2) is 49.4 Å². The van der Waals surface area contributed by atoms with Gasteiger partial charge < -0.3 is 15.8 Å². The lowest BCUT2D eigenvalue weighted by Gasteiger charge is -2.17. The molecule has 0 heterocycles. The monoisotopic (exact) mass is 307 g/mol. The smallest absolute Gasteiger partial charge is 0.318 e. The first-order valence-electron chi connectivity index (χ1n) is 6.92. The Bertz CT molecular complexity index is 528. The molecule has 0 saturated carbocycles. The number of imide groups is 1. The van der Waals surface area contributed by atoms with Gasteiger partial charge in [-0.1, -0.05) is 12.1 Å². The molecule has 3 N–H and O–H groups in total. The van der Waals surface area contributed by atoms with Crippen LogP contribution < -0.4 is 15.8 Å². The number of rotatable bonds is 6. The maximum absolute atomic E-state index is 11.8. The number of nitrogens with two attached hydrogens (primary N) is 1. The van der Waals surface area contributed by atoms with Crippen molar-refractivity contribution in [2.75, 3.05) is 26.7 Å². The molecule has 7 nitrogen and oxygen atoms in total. The molecule has 0 aromatic heterocycles. The van der Waals surface area contributed by atoms with Gasteiger partial charge in [-0.15, -0.1) is 0 Å². The van der Waals surface area contributed by atoms with Gasteiger partial charge in [0.15, 0.2) is 0 Å². The fourth-order valence-corrected chi connectivity index (χ4v) is 1.84. The second-order valence-electron chi connectivity index (χ2n) is 4.62.